The van der Waals surface area contributed by atoms with Crippen LogP contribution < -0.4 is 0 Å². The molecule has 0 radical (unpaired) electrons. The fourth-order valence-corrected chi connectivity index (χ4v) is 7.72. The van der Waals surface area contributed by atoms with E-state index in [-0.39, 0.29) is 0 Å². The standard InChI is InChI=1S/C37H20N2OS/c38-21-22-18-19-24-23-8-1-3-14-30(23)39(32(24)20-22)31-15-6-13-29-35-26(10-7-17-34(35)41-37(29)31)28-12-5-11-27-25-9-2-4-16-33(25)40-36(27)28/h1-20H. The summed E-state index contributed by atoms with van der Waals surface area (Å²) in [6.07, 6.45) is 0. The van der Waals surface area contributed by atoms with E-state index in [0.29, 0.717) is 5.56 Å². The largest absolute Gasteiger partial charge is 0.455 e. The van der Waals surface area contributed by atoms with Gasteiger partial charge in [-0.3, -0.25) is 0 Å². The van der Waals surface area contributed by atoms with Gasteiger partial charge in [0, 0.05) is 42.6 Å². The molecule has 0 amide bonds. The van der Waals surface area contributed by atoms with Crippen molar-refractivity contribution in [2.45, 2.75) is 0 Å². The Balaban J connectivity index is 1.38. The topological polar surface area (TPSA) is 41.9 Å². The van der Waals surface area contributed by atoms with Gasteiger partial charge in [-0.05, 0) is 42.0 Å². The highest BCUT2D eigenvalue weighted by molar-refractivity contribution is 7.26. The van der Waals surface area contributed by atoms with E-state index in [9.17, 15) is 5.26 Å². The maximum Gasteiger partial charge on any atom is 0.143 e. The molecule has 41 heavy (non-hydrogen) atoms. The van der Waals surface area contributed by atoms with Crippen LogP contribution in [0.1, 0.15) is 5.56 Å². The number of hydrogen-bond donors (Lipinski definition) is 0. The van der Waals surface area contributed by atoms with Gasteiger partial charge in [-0.1, -0.05) is 84.9 Å². The predicted octanol–water partition coefficient (Wildman–Crippen LogP) is 10.6. The van der Waals surface area contributed by atoms with Crippen LogP contribution in [0.5, 0.6) is 0 Å². The zero-order chi connectivity index (χ0) is 27.1. The lowest BCUT2D eigenvalue weighted by Crippen LogP contribution is -1.94. The van der Waals surface area contributed by atoms with Crippen molar-refractivity contribution < 1.29 is 4.42 Å². The van der Waals surface area contributed by atoms with Crippen molar-refractivity contribution in [3.8, 4) is 22.9 Å². The number of nitriles is 1. The fraction of sp³-hybridized carbons (Fsp3) is 0. The molecule has 0 aliphatic rings. The van der Waals surface area contributed by atoms with Crippen LogP contribution in [0.3, 0.4) is 0 Å². The Kier molecular flexibility index (Phi) is 4.55. The molecule has 9 rings (SSSR count). The van der Waals surface area contributed by atoms with Crippen LogP contribution in [-0.4, -0.2) is 4.57 Å². The summed E-state index contributed by atoms with van der Waals surface area (Å²) in [6.45, 7) is 0. The highest BCUT2D eigenvalue weighted by atomic mass is 32.1. The van der Waals surface area contributed by atoms with E-state index >= 15 is 0 Å². The first-order valence-electron chi connectivity index (χ1n) is 13.6. The molecule has 3 heterocycles. The Hall–Kier alpha value is -5.37. The number of nitrogens with zero attached hydrogens (tertiary/aromatic N) is 2. The summed E-state index contributed by atoms with van der Waals surface area (Å²) in [5, 5.41) is 16.7. The summed E-state index contributed by atoms with van der Waals surface area (Å²) in [5.41, 5.74) is 8.06. The summed E-state index contributed by atoms with van der Waals surface area (Å²) >= 11 is 1.82. The third kappa shape index (κ3) is 3.07. The van der Waals surface area contributed by atoms with Gasteiger partial charge >= 0.3 is 0 Å². The second-order valence-corrected chi connectivity index (χ2v) is 11.5. The maximum atomic E-state index is 9.70. The molecule has 0 aliphatic carbocycles. The first-order chi connectivity index (χ1) is 20.3. The first kappa shape index (κ1) is 22.4. The molecule has 0 N–H and O–H groups in total. The summed E-state index contributed by atoms with van der Waals surface area (Å²) in [5.74, 6) is 0. The van der Waals surface area contributed by atoms with E-state index in [4.69, 9.17) is 4.42 Å². The molecule has 190 valence electrons. The fourth-order valence-electron chi connectivity index (χ4n) is 6.49. The molecule has 9 aromatic rings. The molecular formula is C37H20N2OS. The minimum absolute atomic E-state index is 0.659. The van der Waals surface area contributed by atoms with E-state index in [2.05, 4.69) is 108 Å². The van der Waals surface area contributed by atoms with Crippen LogP contribution in [-0.2, 0) is 0 Å². The van der Waals surface area contributed by atoms with E-state index < -0.39 is 0 Å². The Morgan fingerprint density at radius 2 is 1.34 bits per heavy atom. The Labute approximate surface area is 238 Å². The average molecular weight is 541 g/mol. The van der Waals surface area contributed by atoms with E-state index in [1.807, 2.05) is 35.6 Å². The van der Waals surface area contributed by atoms with Gasteiger partial charge in [0.05, 0.1) is 33.1 Å². The highest BCUT2D eigenvalue weighted by Gasteiger charge is 2.20. The van der Waals surface area contributed by atoms with Gasteiger partial charge in [-0.25, -0.2) is 0 Å². The van der Waals surface area contributed by atoms with Gasteiger partial charge in [0.2, 0.25) is 0 Å². The molecule has 0 bridgehead atoms. The maximum absolute atomic E-state index is 9.70. The number of rotatable bonds is 2. The molecule has 0 saturated heterocycles. The Bertz CT molecular complexity index is 2560. The molecule has 6 aromatic carbocycles. The van der Waals surface area contributed by atoms with Gasteiger partial charge in [0.15, 0.2) is 0 Å². The first-order valence-corrected chi connectivity index (χ1v) is 14.4. The molecular weight excluding hydrogens is 520 g/mol. The molecule has 0 fully saturated rings. The van der Waals surface area contributed by atoms with Crippen molar-refractivity contribution >= 4 is 75.3 Å². The molecule has 0 atom stereocenters. The van der Waals surface area contributed by atoms with Crippen LogP contribution in [0.2, 0.25) is 0 Å². The van der Waals surface area contributed by atoms with Crippen molar-refractivity contribution in [1.29, 1.82) is 5.26 Å². The Morgan fingerprint density at radius 1 is 0.610 bits per heavy atom. The van der Waals surface area contributed by atoms with Gasteiger partial charge < -0.3 is 8.98 Å². The molecule has 0 aliphatic heterocycles. The molecule has 0 spiro atoms. The smallest absolute Gasteiger partial charge is 0.143 e. The van der Waals surface area contributed by atoms with E-state index in [0.717, 1.165) is 49.6 Å². The molecule has 0 saturated carbocycles. The van der Waals surface area contributed by atoms with Gasteiger partial charge in [0.25, 0.3) is 0 Å². The summed E-state index contributed by atoms with van der Waals surface area (Å²) in [6, 6.07) is 44.7. The lowest BCUT2D eigenvalue weighted by molar-refractivity contribution is 0.670. The number of thiophene rings is 1. The SMILES string of the molecule is N#Cc1ccc2c3ccccc3n(-c3cccc4c3sc3cccc(-c5cccc6c5oc5ccccc56)c34)c2c1. The minimum Gasteiger partial charge on any atom is -0.455 e. The van der Waals surface area contributed by atoms with Crippen molar-refractivity contribution in [3.63, 3.8) is 0 Å². The third-order valence-corrected chi connectivity index (χ3v) is 9.43. The summed E-state index contributed by atoms with van der Waals surface area (Å²) in [4.78, 5) is 0. The normalized spacial score (nSPS) is 11.9. The highest BCUT2D eigenvalue weighted by Crippen LogP contribution is 2.46. The molecule has 3 nitrogen and oxygen atoms in total. The molecule has 3 aromatic heterocycles. The number of benzene rings is 6. The zero-order valence-corrected chi connectivity index (χ0v) is 22.6. The van der Waals surface area contributed by atoms with Crippen LogP contribution in [0.4, 0.5) is 0 Å². The van der Waals surface area contributed by atoms with E-state index in [1.165, 1.54) is 31.1 Å². The minimum atomic E-state index is 0.659. The van der Waals surface area contributed by atoms with Crippen LogP contribution >= 0.6 is 11.3 Å². The number of aromatic nitrogens is 1. The number of hydrogen-bond acceptors (Lipinski definition) is 3. The number of fused-ring (bicyclic) bond motifs is 9. The summed E-state index contributed by atoms with van der Waals surface area (Å²) in [7, 11) is 0. The number of furan rings is 1. The van der Waals surface area contributed by atoms with Crippen molar-refractivity contribution in [2.75, 3.05) is 0 Å². The van der Waals surface area contributed by atoms with Gasteiger partial charge in [-0.2, -0.15) is 5.26 Å². The average Bonchev–Trinajstić information content (AvgIpc) is 3.70. The monoisotopic (exact) mass is 540 g/mol. The summed E-state index contributed by atoms with van der Waals surface area (Å²) < 4.78 is 11.2. The quantitative estimate of drug-likeness (QED) is 0.219. The molecule has 0 unspecified atom stereocenters. The second-order valence-electron chi connectivity index (χ2n) is 10.4. The van der Waals surface area contributed by atoms with E-state index in [1.54, 1.807) is 0 Å². The third-order valence-electron chi connectivity index (χ3n) is 8.24. The van der Waals surface area contributed by atoms with Crippen LogP contribution in [0.15, 0.2) is 126 Å². The van der Waals surface area contributed by atoms with Crippen LogP contribution in [0.25, 0.3) is 80.7 Å². The van der Waals surface area contributed by atoms with Gasteiger partial charge in [-0.15, -0.1) is 11.3 Å². The Morgan fingerprint density at radius 3 is 2.27 bits per heavy atom. The van der Waals surface area contributed by atoms with Gasteiger partial charge in [0.1, 0.15) is 11.2 Å². The molecule has 4 heteroatoms. The number of para-hydroxylation sites is 3. The predicted molar refractivity (Wildman–Crippen MR) is 171 cm³/mol. The lowest BCUT2D eigenvalue weighted by atomic mass is 9.97. The second kappa shape index (κ2) is 8.32. The lowest BCUT2D eigenvalue weighted by Gasteiger charge is -2.10. The van der Waals surface area contributed by atoms with Crippen molar-refractivity contribution in [3.05, 3.63) is 127 Å². The van der Waals surface area contributed by atoms with Crippen molar-refractivity contribution in [2.24, 2.45) is 0 Å². The zero-order valence-electron chi connectivity index (χ0n) is 21.8. The van der Waals surface area contributed by atoms with Crippen molar-refractivity contribution in [1.82, 2.24) is 4.57 Å². The van der Waals surface area contributed by atoms with Crippen LogP contribution in [0, 0.1) is 11.3 Å².